The SMILES string of the molecule is CCN(c1cc(-c2ccc(OCCOCCOCCOCCOCCOc3cc(-c4scnc4C)ccc3CNC(=O)C3C[C@@H](O)CN3C(=O)[C@H](C(C)C)N3Cc4ccccc4C3=O)cc2)cc(C(=O)CCc2c(C)cc(C)[nH]c2=O)c1C)C1CCOCC1. The number of aliphatic hydroxyl groups excluding tert-OH is 1. The van der Waals surface area contributed by atoms with Crippen molar-refractivity contribution in [2.24, 2.45) is 5.92 Å². The molecule has 3 aliphatic heterocycles. The zero-order valence-electron chi connectivity index (χ0n) is 52.4. The Labute approximate surface area is 526 Å². The van der Waals surface area contributed by atoms with Crippen molar-refractivity contribution in [1.82, 2.24) is 25.1 Å². The van der Waals surface area contributed by atoms with Gasteiger partial charge in [-0.1, -0.05) is 56.3 Å². The van der Waals surface area contributed by atoms with E-state index in [1.54, 1.807) is 22.5 Å². The Kier molecular flexibility index (Phi) is 23.7. The van der Waals surface area contributed by atoms with E-state index in [0.717, 1.165) is 80.3 Å². The zero-order chi connectivity index (χ0) is 63.0. The molecule has 2 fully saturated rings. The van der Waals surface area contributed by atoms with Crippen molar-refractivity contribution < 1.29 is 57.4 Å². The number of hydrogen-bond donors (Lipinski definition) is 3. The van der Waals surface area contributed by atoms with Crippen molar-refractivity contribution in [2.75, 3.05) is 97.3 Å². The first-order chi connectivity index (χ1) is 43.1. The molecule has 6 aromatic rings. The van der Waals surface area contributed by atoms with Crippen molar-refractivity contribution in [3.8, 4) is 33.1 Å². The number of ether oxygens (including phenoxy) is 7. The second kappa shape index (κ2) is 31.9. The number of ketones is 1. The first-order valence-corrected chi connectivity index (χ1v) is 32.0. The highest BCUT2D eigenvalue weighted by Crippen LogP contribution is 2.37. The highest BCUT2D eigenvalue weighted by Gasteiger charge is 2.46. The van der Waals surface area contributed by atoms with E-state index in [2.05, 4.69) is 33.2 Å². The fourth-order valence-corrected chi connectivity index (χ4v) is 13.0. The monoisotopic (exact) mass is 1240 g/mol. The van der Waals surface area contributed by atoms with E-state index in [9.17, 15) is 29.1 Å². The van der Waals surface area contributed by atoms with Crippen LogP contribution < -0.4 is 25.2 Å². The topological polar surface area (TPSA) is 221 Å². The first kappa shape index (κ1) is 66.1. The van der Waals surface area contributed by atoms with Gasteiger partial charge in [0.05, 0.1) is 75.0 Å². The Morgan fingerprint density at radius 2 is 1.47 bits per heavy atom. The summed E-state index contributed by atoms with van der Waals surface area (Å²) in [5.74, 6) is 0.0533. The summed E-state index contributed by atoms with van der Waals surface area (Å²) in [7, 11) is 0. The number of benzene rings is 4. The van der Waals surface area contributed by atoms with E-state index < -0.39 is 24.1 Å². The van der Waals surface area contributed by atoms with Crippen molar-refractivity contribution in [2.45, 2.75) is 118 Å². The molecule has 19 nitrogen and oxygen atoms in total. The summed E-state index contributed by atoms with van der Waals surface area (Å²) in [5, 5.41) is 13.8. The van der Waals surface area contributed by atoms with Crippen LogP contribution in [0.25, 0.3) is 21.6 Å². The molecule has 0 radical (unpaired) electrons. The molecule has 2 saturated heterocycles. The van der Waals surface area contributed by atoms with Crippen LogP contribution in [0.4, 0.5) is 5.69 Å². The third-order valence-corrected chi connectivity index (χ3v) is 17.8. The van der Waals surface area contributed by atoms with Gasteiger partial charge < -0.3 is 63.3 Å². The van der Waals surface area contributed by atoms with E-state index in [-0.39, 0.29) is 68.2 Å². The van der Waals surface area contributed by atoms with Crippen LogP contribution in [0, 0.1) is 33.6 Å². The Bertz CT molecular complexity index is 3430. The number of amides is 3. The predicted molar refractivity (Wildman–Crippen MR) is 342 cm³/mol. The molecule has 4 aromatic carbocycles. The molecule has 0 saturated carbocycles. The van der Waals surface area contributed by atoms with Crippen molar-refractivity contribution in [3.63, 3.8) is 0 Å². The normalized spacial score (nSPS) is 16.3. The summed E-state index contributed by atoms with van der Waals surface area (Å²) >= 11 is 1.52. The minimum absolute atomic E-state index is 0.00552. The third-order valence-electron chi connectivity index (χ3n) is 16.8. The minimum Gasteiger partial charge on any atom is -0.491 e. The summed E-state index contributed by atoms with van der Waals surface area (Å²) < 4.78 is 41.0. The number of nitrogens with zero attached hydrogens (tertiary/aromatic N) is 4. The number of carbonyl (C=O) groups is 4. The molecule has 2 aromatic heterocycles. The standard InChI is InChI=1S/C69H86N6O13S/c1-8-73(54-21-23-82-24-22-54)60-37-53(36-59(47(60)6)62(77)20-19-57-45(4)35-46(5)72-66(57)78)49-15-17-56(18-16-49)87-33-31-85-29-27-83-25-26-84-28-30-86-32-34-88-63-38-50(65-48(7)71-43-89-65)13-14-51(63)40-70-67(79)61-39-55(76)42-74(61)69(81)64(44(2)3)75-41-52-11-9-10-12-58(52)68(75)80/h9-18,35-38,43-44,54-55,61,64,76H,8,19-34,39-42H2,1-7H3,(H,70,79)(H,72,78)/t55-,61?,64+/m1/s1. The molecule has 1 unspecified atom stereocenters. The van der Waals surface area contributed by atoms with E-state index in [4.69, 9.17) is 33.2 Å². The maximum atomic E-state index is 14.3. The molecule has 0 spiro atoms. The third kappa shape index (κ3) is 17.0. The van der Waals surface area contributed by atoms with Crippen LogP contribution in [0.3, 0.4) is 0 Å². The molecule has 476 valence electrons. The van der Waals surface area contributed by atoms with E-state index >= 15 is 0 Å². The van der Waals surface area contributed by atoms with E-state index in [0.29, 0.717) is 113 Å². The lowest BCUT2D eigenvalue weighted by atomic mass is 9.92. The van der Waals surface area contributed by atoms with Crippen LogP contribution in [0.1, 0.15) is 106 Å². The predicted octanol–water partition coefficient (Wildman–Crippen LogP) is 9.00. The highest BCUT2D eigenvalue weighted by atomic mass is 32.1. The number of aromatic nitrogens is 2. The van der Waals surface area contributed by atoms with Gasteiger partial charge >= 0.3 is 0 Å². The number of pyridine rings is 1. The molecule has 9 rings (SSSR count). The van der Waals surface area contributed by atoms with Crippen LogP contribution in [-0.4, -0.2) is 165 Å². The Morgan fingerprint density at radius 3 is 2.11 bits per heavy atom. The number of aromatic amines is 1. The van der Waals surface area contributed by atoms with Gasteiger partial charge in [0.2, 0.25) is 11.8 Å². The number of H-pyrrole nitrogens is 1. The summed E-state index contributed by atoms with van der Waals surface area (Å²) in [4.78, 5) is 82.4. The highest BCUT2D eigenvalue weighted by molar-refractivity contribution is 7.13. The molecular formula is C69H86N6O13S. The lowest BCUT2D eigenvalue weighted by Gasteiger charge is -2.37. The van der Waals surface area contributed by atoms with Crippen LogP contribution in [0.15, 0.2) is 95.2 Å². The average Bonchev–Trinajstić information content (AvgIpc) is 1.82. The second-order valence-electron chi connectivity index (χ2n) is 23.3. The smallest absolute Gasteiger partial charge is 0.255 e. The number of β-amino-alcohol motifs (C(OH)–C–C–N with tert-alkyl or cyclic N) is 1. The van der Waals surface area contributed by atoms with Crippen LogP contribution in [0.2, 0.25) is 0 Å². The largest absolute Gasteiger partial charge is 0.491 e. The number of aliphatic hydroxyl groups is 1. The minimum atomic E-state index is -0.921. The molecular weight excluding hydrogens is 1150 g/mol. The Morgan fingerprint density at radius 1 is 0.809 bits per heavy atom. The van der Waals surface area contributed by atoms with Gasteiger partial charge in [-0.25, -0.2) is 4.98 Å². The lowest BCUT2D eigenvalue weighted by Crippen LogP contribution is -2.55. The fourth-order valence-electron chi connectivity index (χ4n) is 12.2. The molecule has 3 atom stereocenters. The Balaban J connectivity index is 0.670. The number of aryl methyl sites for hydroxylation is 3. The summed E-state index contributed by atoms with van der Waals surface area (Å²) in [6.45, 7) is 19.9. The molecule has 3 aliphatic rings. The second-order valence-corrected chi connectivity index (χ2v) is 24.2. The van der Waals surface area contributed by atoms with Crippen molar-refractivity contribution in [1.29, 1.82) is 0 Å². The average molecular weight is 1240 g/mol. The number of Topliss-reactive ketones (excluding diaryl/α,β-unsaturated/α-hetero) is 1. The number of hydrogen-bond acceptors (Lipinski definition) is 16. The molecule has 3 amide bonds. The van der Waals surface area contributed by atoms with Gasteiger partial charge in [0.1, 0.15) is 36.8 Å². The number of nitrogens with one attached hydrogen (secondary N) is 2. The molecule has 5 heterocycles. The first-order valence-electron chi connectivity index (χ1n) is 31.2. The zero-order valence-corrected chi connectivity index (χ0v) is 53.3. The van der Waals surface area contributed by atoms with Gasteiger partial charge in [-0.2, -0.15) is 0 Å². The quantitative estimate of drug-likeness (QED) is 0.0265. The van der Waals surface area contributed by atoms with E-state index in [1.165, 1.54) is 16.2 Å². The number of fused-ring (bicyclic) bond motifs is 1. The summed E-state index contributed by atoms with van der Waals surface area (Å²) in [5.41, 5.74) is 12.5. The summed E-state index contributed by atoms with van der Waals surface area (Å²) in [6.07, 6.45) is 1.61. The van der Waals surface area contributed by atoms with Gasteiger partial charge in [-0.3, -0.25) is 24.0 Å². The molecule has 0 bridgehead atoms. The Hall–Kier alpha value is -7.30. The number of likely N-dealkylation sites (tertiary alicyclic amines) is 1. The molecule has 0 aliphatic carbocycles. The van der Waals surface area contributed by atoms with Gasteiger partial charge in [0, 0.05) is 91.9 Å². The summed E-state index contributed by atoms with van der Waals surface area (Å²) in [6, 6.07) is 25.7. The molecule has 3 N–H and O–H groups in total. The van der Waals surface area contributed by atoms with Crippen LogP contribution >= 0.6 is 11.3 Å². The van der Waals surface area contributed by atoms with Crippen molar-refractivity contribution in [3.05, 3.63) is 151 Å². The number of thiazole rings is 1. The van der Waals surface area contributed by atoms with Crippen LogP contribution in [0.5, 0.6) is 11.5 Å². The van der Waals surface area contributed by atoms with E-state index in [1.807, 2.05) is 108 Å². The number of carbonyl (C=O) groups excluding carboxylic acids is 4. The maximum Gasteiger partial charge on any atom is 0.255 e. The van der Waals surface area contributed by atoms with Crippen molar-refractivity contribution >= 4 is 40.5 Å². The van der Waals surface area contributed by atoms with Gasteiger partial charge in [-0.15, -0.1) is 11.3 Å². The van der Waals surface area contributed by atoms with Crippen LogP contribution in [-0.2, 0) is 52.8 Å². The fraction of sp³-hybridized carbons (Fsp3) is 0.478. The number of rotatable bonds is 32. The molecule has 89 heavy (non-hydrogen) atoms. The molecule has 20 heteroatoms. The maximum absolute atomic E-state index is 14.3. The number of anilines is 1. The van der Waals surface area contributed by atoms with Gasteiger partial charge in [0.15, 0.2) is 5.78 Å². The lowest BCUT2D eigenvalue weighted by molar-refractivity contribution is -0.143. The van der Waals surface area contributed by atoms with Gasteiger partial charge in [-0.05, 0) is 136 Å². The van der Waals surface area contributed by atoms with Gasteiger partial charge in [0.25, 0.3) is 11.5 Å².